The normalized spacial score (nSPS) is 14.7. The minimum atomic E-state index is -3.71. The minimum Gasteiger partial charge on any atom is -0.489 e. The van der Waals surface area contributed by atoms with Crippen molar-refractivity contribution in [2.45, 2.75) is 37.5 Å². The summed E-state index contributed by atoms with van der Waals surface area (Å²) in [5.41, 5.74) is 0.877. The van der Waals surface area contributed by atoms with Crippen LogP contribution in [0.3, 0.4) is 0 Å². The zero-order valence-corrected chi connectivity index (χ0v) is 14.8. The highest BCUT2D eigenvalue weighted by Gasteiger charge is 2.31. The number of hydrogen-bond donors (Lipinski definition) is 1. The monoisotopic (exact) mass is 374 g/mol. The summed E-state index contributed by atoms with van der Waals surface area (Å²) in [6.45, 7) is 0.0115. The van der Waals surface area contributed by atoms with E-state index in [0.717, 1.165) is 12.8 Å². The molecule has 0 unspecified atom stereocenters. The largest absolute Gasteiger partial charge is 0.489 e. The molecule has 2 aromatic rings. The van der Waals surface area contributed by atoms with Gasteiger partial charge in [-0.25, -0.2) is 13.1 Å². The fourth-order valence-electron chi connectivity index (χ4n) is 2.92. The predicted octanol–water partition coefficient (Wildman–Crippen LogP) is 2.73. The fourth-order valence-corrected chi connectivity index (χ4v) is 4.39. The van der Waals surface area contributed by atoms with E-state index in [9.17, 15) is 13.2 Å². The molecule has 1 saturated carbocycles. The summed E-state index contributed by atoms with van der Waals surface area (Å²) >= 11 is 0. The molecule has 26 heavy (non-hydrogen) atoms. The molecule has 1 fully saturated rings. The number of nitrogens with one attached hydrogen (secondary N) is 1. The molecule has 1 amide bonds. The third-order valence-corrected chi connectivity index (χ3v) is 6.11. The average molecular weight is 374 g/mol. The number of benzene rings is 1. The molecule has 1 heterocycles. The van der Waals surface area contributed by atoms with Crippen molar-refractivity contribution in [2.75, 3.05) is 0 Å². The average Bonchev–Trinajstić information content (AvgIpc) is 3.31. The maximum atomic E-state index is 12.3. The van der Waals surface area contributed by atoms with E-state index in [1.54, 1.807) is 30.3 Å². The number of ether oxygens (including phenoxy) is 1. The van der Waals surface area contributed by atoms with Crippen LogP contribution in [0.25, 0.3) is 0 Å². The first kappa shape index (κ1) is 18.0. The van der Waals surface area contributed by atoms with E-state index in [-0.39, 0.29) is 12.4 Å². The standard InChI is InChI=1S/C18H18N2O5S/c19-11-13-4-3-5-15(10-13)25-12-14-8-9-24-17(14)18(21)20-26(22,23)16-6-1-2-7-16/h3-5,8-10,16H,1-2,6-7,12H2,(H,20,21). The molecule has 7 nitrogen and oxygen atoms in total. The molecular weight excluding hydrogens is 356 g/mol. The number of carbonyl (C=O) groups is 1. The molecule has 3 rings (SSSR count). The van der Waals surface area contributed by atoms with Crippen molar-refractivity contribution in [1.82, 2.24) is 4.72 Å². The lowest BCUT2D eigenvalue weighted by Gasteiger charge is -2.12. The van der Waals surface area contributed by atoms with E-state index < -0.39 is 21.2 Å². The predicted molar refractivity (Wildman–Crippen MR) is 92.8 cm³/mol. The summed E-state index contributed by atoms with van der Waals surface area (Å²) in [4.78, 5) is 12.3. The van der Waals surface area contributed by atoms with Crippen LogP contribution in [0.5, 0.6) is 5.75 Å². The van der Waals surface area contributed by atoms with Gasteiger partial charge in [-0.05, 0) is 37.1 Å². The van der Waals surface area contributed by atoms with Gasteiger partial charge in [0, 0.05) is 5.56 Å². The third kappa shape index (κ3) is 4.06. The minimum absolute atomic E-state index is 0.0115. The zero-order chi connectivity index (χ0) is 18.6. The number of rotatable bonds is 6. The molecule has 136 valence electrons. The molecule has 0 bridgehead atoms. The summed E-state index contributed by atoms with van der Waals surface area (Å²) in [5, 5.41) is 8.37. The van der Waals surface area contributed by atoms with Gasteiger partial charge in [-0.2, -0.15) is 5.26 Å². The van der Waals surface area contributed by atoms with Gasteiger partial charge in [0.2, 0.25) is 10.0 Å². The maximum Gasteiger partial charge on any atom is 0.300 e. The Balaban J connectivity index is 1.67. The number of furan rings is 1. The lowest BCUT2D eigenvalue weighted by Crippen LogP contribution is -2.37. The van der Waals surface area contributed by atoms with Crippen molar-refractivity contribution in [2.24, 2.45) is 0 Å². The van der Waals surface area contributed by atoms with Crippen molar-refractivity contribution in [1.29, 1.82) is 5.26 Å². The molecule has 1 aromatic heterocycles. The Morgan fingerprint density at radius 1 is 1.31 bits per heavy atom. The Bertz CT molecular complexity index is 936. The van der Waals surface area contributed by atoms with E-state index in [0.29, 0.717) is 29.7 Å². The van der Waals surface area contributed by atoms with Gasteiger partial charge >= 0.3 is 5.91 Å². The Kier molecular flexibility index (Phi) is 5.28. The Hall–Kier alpha value is -2.79. The Morgan fingerprint density at radius 2 is 2.08 bits per heavy atom. The molecular formula is C18H18N2O5S. The molecule has 0 atom stereocenters. The highest BCUT2D eigenvalue weighted by atomic mass is 32.2. The van der Waals surface area contributed by atoms with Crippen molar-refractivity contribution in [3.05, 3.63) is 53.5 Å². The molecule has 1 aliphatic carbocycles. The SMILES string of the molecule is N#Cc1cccc(OCc2ccoc2C(=O)NS(=O)(=O)C2CCCC2)c1. The smallest absolute Gasteiger partial charge is 0.300 e. The van der Waals surface area contributed by atoms with Gasteiger partial charge in [0.1, 0.15) is 12.4 Å². The van der Waals surface area contributed by atoms with Crippen LogP contribution in [0.4, 0.5) is 0 Å². The second-order valence-corrected chi connectivity index (χ2v) is 8.05. The number of sulfonamides is 1. The molecule has 0 radical (unpaired) electrons. The summed E-state index contributed by atoms with van der Waals surface area (Å²) in [7, 11) is -3.71. The van der Waals surface area contributed by atoms with E-state index in [2.05, 4.69) is 4.72 Å². The van der Waals surface area contributed by atoms with Gasteiger partial charge in [-0.3, -0.25) is 4.79 Å². The summed E-state index contributed by atoms with van der Waals surface area (Å²) < 4.78 is 37.4. The van der Waals surface area contributed by atoms with E-state index in [1.807, 2.05) is 6.07 Å². The third-order valence-electron chi connectivity index (χ3n) is 4.29. The van der Waals surface area contributed by atoms with Crippen molar-refractivity contribution >= 4 is 15.9 Å². The highest BCUT2D eigenvalue weighted by molar-refractivity contribution is 7.90. The lowest BCUT2D eigenvalue weighted by atomic mass is 10.2. The number of amides is 1. The lowest BCUT2D eigenvalue weighted by molar-refractivity contribution is 0.0950. The van der Waals surface area contributed by atoms with Crippen molar-refractivity contribution in [3.63, 3.8) is 0 Å². The van der Waals surface area contributed by atoms with Crippen LogP contribution < -0.4 is 9.46 Å². The Labute approximate surface area is 151 Å². The van der Waals surface area contributed by atoms with Crippen LogP contribution in [0.1, 0.15) is 47.4 Å². The van der Waals surface area contributed by atoms with Gasteiger partial charge < -0.3 is 9.15 Å². The summed E-state index contributed by atoms with van der Waals surface area (Å²) in [6, 6.07) is 10.2. The molecule has 1 N–H and O–H groups in total. The second-order valence-electron chi connectivity index (χ2n) is 6.09. The molecule has 1 aliphatic rings. The first-order valence-corrected chi connectivity index (χ1v) is 9.79. The Morgan fingerprint density at radius 3 is 2.81 bits per heavy atom. The van der Waals surface area contributed by atoms with Gasteiger partial charge in [-0.1, -0.05) is 18.9 Å². The fraction of sp³-hybridized carbons (Fsp3) is 0.333. The van der Waals surface area contributed by atoms with Crippen LogP contribution in [-0.4, -0.2) is 19.6 Å². The van der Waals surface area contributed by atoms with Crippen LogP contribution in [-0.2, 0) is 16.6 Å². The van der Waals surface area contributed by atoms with E-state index in [4.69, 9.17) is 14.4 Å². The molecule has 0 spiro atoms. The van der Waals surface area contributed by atoms with Gasteiger partial charge in [0.25, 0.3) is 0 Å². The first-order valence-electron chi connectivity index (χ1n) is 8.25. The molecule has 1 aromatic carbocycles. The summed E-state index contributed by atoms with van der Waals surface area (Å²) in [5.74, 6) is -0.426. The first-order chi connectivity index (χ1) is 12.5. The number of nitriles is 1. The zero-order valence-electron chi connectivity index (χ0n) is 14.0. The summed E-state index contributed by atoms with van der Waals surface area (Å²) in [6.07, 6.45) is 4.13. The quantitative estimate of drug-likeness (QED) is 0.832. The number of nitrogens with zero attached hydrogens (tertiary/aromatic N) is 1. The van der Waals surface area contributed by atoms with Crippen LogP contribution >= 0.6 is 0 Å². The van der Waals surface area contributed by atoms with Crippen LogP contribution in [0.2, 0.25) is 0 Å². The topological polar surface area (TPSA) is 109 Å². The highest BCUT2D eigenvalue weighted by Crippen LogP contribution is 2.24. The second kappa shape index (κ2) is 7.62. The number of hydrogen-bond acceptors (Lipinski definition) is 6. The van der Waals surface area contributed by atoms with Gasteiger partial charge in [0.05, 0.1) is 23.1 Å². The van der Waals surface area contributed by atoms with Crippen LogP contribution in [0, 0.1) is 11.3 Å². The van der Waals surface area contributed by atoms with E-state index >= 15 is 0 Å². The van der Waals surface area contributed by atoms with E-state index in [1.165, 1.54) is 6.26 Å². The maximum absolute atomic E-state index is 12.3. The van der Waals surface area contributed by atoms with Crippen LogP contribution in [0.15, 0.2) is 41.0 Å². The molecule has 0 aliphatic heterocycles. The number of carbonyl (C=O) groups excluding carboxylic acids is 1. The molecule has 0 saturated heterocycles. The van der Waals surface area contributed by atoms with Crippen molar-refractivity contribution < 1.29 is 22.4 Å². The van der Waals surface area contributed by atoms with Gasteiger partial charge in [-0.15, -0.1) is 0 Å². The van der Waals surface area contributed by atoms with Crippen molar-refractivity contribution in [3.8, 4) is 11.8 Å². The molecule has 8 heteroatoms. The van der Waals surface area contributed by atoms with Gasteiger partial charge in [0.15, 0.2) is 5.76 Å².